The number of halogens is 1. The SMILES string of the molecule is O=C(c1cccc(COc2ccc(Cl)cc2)c1)N1CCN(Cc2ccco2)CC1. The summed E-state index contributed by atoms with van der Waals surface area (Å²) in [4.78, 5) is 17.1. The molecule has 2 heterocycles. The highest BCUT2D eigenvalue weighted by Crippen LogP contribution is 2.18. The van der Waals surface area contributed by atoms with Gasteiger partial charge in [-0.2, -0.15) is 0 Å². The summed E-state index contributed by atoms with van der Waals surface area (Å²) in [6.45, 7) is 4.29. The van der Waals surface area contributed by atoms with E-state index in [1.807, 2.05) is 53.4 Å². The van der Waals surface area contributed by atoms with Gasteiger partial charge in [0.25, 0.3) is 5.91 Å². The van der Waals surface area contributed by atoms with Crippen molar-refractivity contribution in [2.24, 2.45) is 0 Å². The van der Waals surface area contributed by atoms with Crippen LogP contribution in [0.4, 0.5) is 0 Å². The lowest BCUT2D eigenvalue weighted by Crippen LogP contribution is -2.48. The van der Waals surface area contributed by atoms with Crippen LogP contribution in [0, 0.1) is 0 Å². The molecule has 0 atom stereocenters. The lowest BCUT2D eigenvalue weighted by atomic mass is 10.1. The molecule has 0 spiro atoms. The molecule has 1 saturated heterocycles. The second kappa shape index (κ2) is 9.16. The minimum atomic E-state index is 0.0657. The number of furan rings is 1. The van der Waals surface area contributed by atoms with Gasteiger partial charge in [-0.1, -0.05) is 23.7 Å². The van der Waals surface area contributed by atoms with Crippen molar-refractivity contribution < 1.29 is 13.9 Å². The summed E-state index contributed by atoms with van der Waals surface area (Å²) in [5, 5.41) is 0.675. The summed E-state index contributed by atoms with van der Waals surface area (Å²) < 4.78 is 11.2. The van der Waals surface area contributed by atoms with Gasteiger partial charge in [0.2, 0.25) is 0 Å². The lowest BCUT2D eigenvalue weighted by molar-refractivity contribution is 0.0620. The Bertz CT molecular complexity index is 933. The number of nitrogens with zero attached hydrogens (tertiary/aromatic N) is 2. The Morgan fingerprint density at radius 1 is 1.00 bits per heavy atom. The minimum Gasteiger partial charge on any atom is -0.489 e. The van der Waals surface area contributed by atoms with Crippen molar-refractivity contribution in [2.45, 2.75) is 13.2 Å². The van der Waals surface area contributed by atoms with Crippen molar-refractivity contribution in [3.63, 3.8) is 0 Å². The normalized spacial score (nSPS) is 14.7. The van der Waals surface area contributed by atoms with E-state index in [1.54, 1.807) is 18.4 Å². The first kappa shape index (κ1) is 19.6. The van der Waals surface area contributed by atoms with E-state index in [1.165, 1.54) is 0 Å². The Kier molecular flexibility index (Phi) is 6.17. The fourth-order valence-corrected chi connectivity index (χ4v) is 3.53. The highest BCUT2D eigenvalue weighted by Gasteiger charge is 2.22. The Morgan fingerprint density at radius 3 is 2.52 bits per heavy atom. The van der Waals surface area contributed by atoms with Crippen molar-refractivity contribution in [3.05, 3.63) is 88.8 Å². The molecule has 0 aliphatic carbocycles. The number of rotatable bonds is 6. The zero-order valence-electron chi connectivity index (χ0n) is 16.1. The van der Waals surface area contributed by atoms with E-state index < -0.39 is 0 Å². The van der Waals surface area contributed by atoms with Crippen LogP contribution >= 0.6 is 11.6 Å². The third kappa shape index (κ3) is 5.19. The second-order valence-electron chi connectivity index (χ2n) is 7.09. The lowest BCUT2D eigenvalue weighted by Gasteiger charge is -2.34. The standard InChI is InChI=1S/C23H23ClN2O3/c24-20-6-8-21(9-7-20)29-17-18-3-1-4-19(15-18)23(27)26-12-10-25(11-13-26)16-22-5-2-14-28-22/h1-9,14-15H,10-13,16-17H2. The molecule has 0 unspecified atom stereocenters. The van der Waals surface area contributed by atoms with Crippen LogP contribution in [0.15, 0.2) is 71.3 Å². The van der Waals surface area contributed by atoms with E-state index >= 15 is 0 Å². The molecule has 0 saturated carbocycles. The fourth-order valence-electron chi connectivity index (χ4n) is 3.41. The van der Waals surface area contributed by atoms with E-state index in [4.69, 9.17) is 20.8 Å². The summed E-state index contributed by atoms with van der Waals surface area (Å²) >= 11 is 5.90. The molecular formula is C23H23ClN2O3. The number of hydrogen-bond donors (Lipinski definition) is 0. The summed E-state index contributed by atoms with van der Waals surface area (Å²) in [6, 6.07) is 18.8. The van der Waals surface area contributed by atoms with Gasteiger partial charge in [0.15, 0.2) is 0 Å². The van der Waals surface area contributed by atoms with Gasteiger partial charge in [-0.05, 0) is 54.1 Å². The molecule has 3 aromatic rings. The molecule has 1 aromatic heterocycles. The van der Waals surface area contributed by atoms with Crippen LogP contribution in [-0.4, -0.2) is 41.9 Å². The molecule has 0 bridgehead atoms. The van der Waals surface area contributed by atoms with Crippen LogP contribution in [0.1, 0.15) is 21.7 Å². The number of amides is 1. The van der Waals surface area contributed by atoms with Crippen LogP contribution < -0.4 is 4.74 Å². The molecule has 150 valence electrons. The number of hydrogen-bond acceptors (Lipinski definition) is 4. The molecule has 0 radical (unpaired) electrons. The zero-order valence-corrected chi connectivity index (χ0v) is 16.8. The molecule has 1 aliphatic heterocycles. The van der Waals surface area contributed by atoms with Crippen molar-refractivity contribution in [3.8, 4) is 5.75 Å². The summed E-state index contributed by atoms with van der Waals surface area (Å²) in [5.74, 6) is 1.77. The topological polar surface area (TPSA) is 45.9 Å². The predicted molar refractivity (Wildman–Crippen MR) is 112 cm³/mol. The average Bonchev–Trinajstić information content (AvgIpc) is 3.27. The van der Waals surface area contributed by atoms with E-state index in [-0.39, 0.29) is 5.91 Å². The van der Waals surface area contributed by atoms with Gasteiger partial charge in [0, 0.05) is 36.8 Å². The maximum absolute atomic E-state index is 12.9. The quantitative estimate of drug-likeness (QED) is 0.601. The van der Waals surface area contributed by atoms with Crippen LogP contribution in [0.5, 0.6) is 5.75 Å². The molecule has 1 aliphatic rings. The smallest absolute Gasteiger partial charge is 0.253 e. The first-order valence-corrected chi connectivity index (χ1v) is 10.1. The van der Waals surface area contributed by atoms with Crippen LogP contribution in [-0.2, 0) is 13.2 Å². The zero-order chi connectivity index (χ0) is 20.1. The molecule has 4 rings (SSSR count). The molecule has 1 amide bonds. The van der Waals surface area contributed by atoms with Crippen molar-refractivity contribution in [2.75, 3.05) is 26.2 Å². The van der Waals surface area contributed by atoms with Gasteiger partial charge >= 0.3 is 0 Å². The highest BCUT2D eigenvalue weighted by molar-refractivity contribution is 6.30. The third-order valence-electron chi connectivity index (χ3n) is 5.01. The molecule has 1 fully saturated rings. The van der Waals surface area contributed by atoms with Gasteiger partial charge in [-0.15, -0.1) is 0 Å². The van der Waals surface area contributed by atoms with Gasteiger partial charge in [0.1, 0.15) is 18.1 Å². The Morgan fingerprint density at radius 2 is 1.79 bits per heavy atom. The van der Waals surface area contributed by atoms with E-state index in [9.17, 15) is 4.79 Å². The summed E-state index contributed by atoms with van der Waals surface area (Å²) in [7, 11) is 0. The number of benzene rings is 2. The maximum atomic E-state index is 12.9. The van der Waals surface area contributed by atoms with Gasteiger partial charge in [-0.25, -0.2) is 0 Å². The van der Waals surface area contributed by atoms with Crippen LogP contribution in [0.2, 0.25) is 5.02 Å². The highest BCUT2D eigenvalue weighted by atomic mass is 35.5. The van der Waals surface area contributed by atoms with Crippen molar-refractivity contribution in [1.82, 2.24) is 9.80 Å². The Hall–Kier alpha value is -2.76. The number of carbonyl (C=O) groups is 1. The predicted octanol–water partition coefficient (Wildman–Crippen LogP) is 4.47. The Balaban J connectivity index is 1.32. The van der Waals surface area contributed by atoms with Gasteiger partial charge in [0.05, 0.1) is 12.8 Å². The molecule has 6 heteroatoms. The second-order valence-corrected chi connectivity index (χ2v) is 7.53. The molecule has 0 N–H and O–H groups in total. The van der Waals surface area contributed by atoms with Crippen molar-refractivity contribution >= 4 is 17.5 Å². The number of ether oxygens (including phenoxy) is 1. The minimum absolute atomic E-state index is 0.0657. The number of piperazine rings is 1. The average molecular weight is 411 g/mol. The fraction of sp³-hybridized carbons (Fsp3) is 0.261. The van der Waals surface area contributed by atoms with E-state index in [0.29, 0.717) is 30.3 Å². The van der Waals surface area contributed by atoms with E-state index in [2.05, 4.69) is 4.90 Å². The van der Waals surface area contributed by atoms with Gasteiger partial charge in [-0.3, -0.25) is 9.69 Å². The maximum Gasteiger partial charge on any atom is 0.253 e. The number of carbonyl (C=O) groups excluding carboxylic acids is 1. The first-order valence-electron chi connectivity index (χ1n) is 9.69. The van der Waals surface area contributed by atoms with E-state index in [0.717, 1.165) is 36.7 Å². The summed E-state index contributed by atoms with van der Waals surface area (Å²) in [6.07, 6.45) is 1.69. The summed E-state index contributed by atoms with van der Waals surface area (Å²) in [5.41, 5.74) is 1.66. The molecule has 5 nitrogen and oxygen atoms in total. The van der Waals surface area contributed by atoms with Gasteiger partial charge < -0.3 is 14.1 Å². The van der Waals surface area contributed by atoms with Crippen molar-refractivity contribution in [1.29, 1.82) is 0 Å². The Labute approximate surface area is 175 Å². The third-order valence-corrected chi connectivity index (χ3v) is 5.26. The molecular weight excluding hydrogens is 388 g/mol. The molecule has 29 heavy (non-hydrogen) atoms. The van der Waals surface area contributed by atoms with Crippen LogP contribution in [0.25, 0.3) is 0 Å². The first-order chi connectivity index (χ1) is 14.2. The molecule has 2 aromatic carbocycles. The monoisotopic (exact) mass is 410 g/mol. The van der Waals surface area contributed by atoms with Crippen LogP contribution in [0.3, 0.4) is 0 Å². The largest absolute Gasteiger partial charge is 0.489 e.